The van der Waals surface area contributed by atoms with Crippen molar-refractivity contribution in [3.8, 4) is 73.2 Å². The lowest BCUT2D eigenvalue weighted by atomic mass is 9.82. The summed E-state index contributed by atoms with van der Waals surface area (Å²) in [6.45, 7) is 4.45. The minimum absolute atomic E-state index is 0.0526. The molecule has 13 rings (SSSR count). The maximum atomic E-state index is 9.12. The highest BCUT2D eigenvalue weighted by atomic mass is 16.3. The molecule has 5 nitrogen and oxygen atoms in total. The van der Waals surface area contributed by atoms with Crippen LogP contribution in [0.25, 0.3) is 117 Å². The third kappa shape index (κ3) is 5.82. The predicted octanol–water partition coefficient (Wildman–Crippen LogP) is 15.5. The Bertz CT molecular complexity index is 4090. The zero-order valence-corrected chi connectivity index (χ0v) is 35.4. The number of fused-ring (bicyclic) bond motifs is 9. The third-order valence-corrected chi connectivity index (χ3v) is 13.1. The van der Waals surface area contributed by atoms with Crippen LogP contribution in [-0.4, -0.2) is 19.5 Å². The summed E-state index contributed by atoms with van der Waals surface area (Å²) >= 11 is 0. The minimum Gasteiger partial charge on any atom is -0.455 e. The van der Waals surface area contributed by atoms with E-state index in [9.17, 15) is 0 Å². The van der Waals surface area contributed by atoms with Crippen LogP contribution in [0.1, 0.15) is 31.8 Å². The summed E-state index contributed by atoms with van der Waals surface area (Å²) < 4.78 is 53.3. The van der Waals surface area contributed by atoms with Crippen molar-refractivity contribution in [2.24, 2.45) is 0 Å². The summed E-state index contributed by atoms with van der Waals surface area (Å²) in [4.78, 5) is 15.4. The van der Waals surface area contributed by atoms with Crippen LogP contribution >= 0.6 is 0 Å². The molecule has 306 valence electrons. The van der Waals surface area contributed by atoms with Crippen molar-refractivity contribution in [3.05, 3.63) is 217 Å². The first kappa shape index (κ1) is 32.3. The Kier molecular flexibility index (Phi) is 7.11. The Morgan fingerprint density at radius 1 is 0.446 bits per heavy atom. The van der Waals surface area contributed by atoms with Gasteiger partial charge in [-0.1, -0.05) is 178 Å². The fourth-order valence-electron chi connectivity index (χ4n) is 10.1. The van der Waals surface area contributed by atoms with Crippen molar-refractivity contribution in [1.29, 1.82) is 0 Å². The van der Waals surface area contributed by atoms with Crippen LogP contribution in [0, 0.1) is 0 Å². The van der Waals surface area contributed by atoms with Gasteiger partial charge in [0.25, 0.3) is 0 Å². The molecule has 3 heterocycles. The largest absolute Gasteiger partial charge is 0.455 e. The number of hydrogen-bond acceptors (Lipinski definition) is 4. The first-order valence-corrected chi connectivity index (χ1v) is 21.8. The van der Waals surface area contributed by atoms with Crippen molar-refractivity contribution in [1.82, 2.24) is 19.5 Å². The van der Waals surface area contributed by atoms with E-state index in [-0.39, 0.29) is 28.5 Å². The lowest BCUT2D eigenvalue weighted by molar-refractivity contribution is 0.660. The highest BCUT2D eigenvalue weighted by Gasteiger charge is 2.35. The van der Waals surface area contributed by atoms with E-state index in [2.05, 4.69) is 134 Å². The number of furan rings is 1. The van der Waals surface area contributed by atoms with Gasteiger partial charge in [-0.05, 0) is 87.0 Å². The van der Waals surface area contributed by atoms with Gasteiger partial charge in [0.2, 0.25) is 0 Å². The molecule has 0 bridgehead atoms. The third-order valence-electron chi connectivity index (χ3n) is 13.1. The Hall–Kier alpha value is -8.41. The van der Waals surface area contributed by atoms with E-state index in [4.69, 9.17) is 26.2 Å². The highest BCUT2D eigenvalue weighted by Crippen LogP contribution is 2.50. The summed E-state index contributed by atoms with van der Waals surface area (Å²) in [5, 5.41) is 3.93. The van der Waals surface area contributed by atoms with E-state index in [1.165, 1.54) is 11.1 Å². The van der Waals surface area contributed by atoms with Crippen molar-refractivity contribution >= 4 is 43.7 Å². The van der Waals surface area contributed by atoms with Gasteiger partial charge in [0.1, 0.15) is 11.2 Å². The normalized spacial score (nSPS) is 14.0. The van der Waals surface area contributed by atoms with Crippen LogP contribution in [0.3, 0.4) is 0 Å². The first-order valence-electron chi connectivity index (χ1n) is 24.3. The van der Waals surface area contributed by atoms with Gasteiger partial charge in [-0.15, -0.1) is 0 Å². The fourth-order valence-corrected chi connectivity index (χ4v) is 10.1. The van der Waals surface area contributed by atoms with Gasteiger partial charge in [0.15, 0.2) is 17.5 Å². The molecule has 0 saturated carbocycles. The molecule has 0 fully saturated rings. The number of aromatic nitrogens is 4. The first-order chi connectivity index (χ1) is 34.0. The van der Waals surface area contributed by atoms with E-state index in [0.717, 1.165) is 71.6 Å². The zero-order valence-electron chi connectivity index (χ0n) is 40.4. The molecule has 5 heteroatoms. The molecule has 0 radical (unpaired) electrons. The Balaban J connectivity index is 1.13. The summed E-state index contributed by atoms with van der Waals surface area (Å²) in [5.41, 5.74) is 13.7. The second kappa shape index (κ2) is 14.3. The van der Waals surface area contributed by atoms with E-state index in [0.29, 0.717) is 22.3 Å². The van der Waals surface area contributed by atoms with Crippen LogP contribution < -0.4 is 0 Å². The van der Waals surface area contributed by atoms with Gasteiger partial charge < -0.3 is 8.98 Å². The average molecular weight is 838 g/mol. The van der Waals surface area contributed by atoms with Crippen LogP contribution in [0.4, 0.5) is 0 Å². The van der Waals surface area contributed by atoms with Crippen molar-refractivity contribution < 1.29 is 11.3 Å². The van der Waals surface area contributed by atoms with Crippen molar-refractivity contribution in [2.45, 2.75) is 19.3 Å². The molecule has 3 aromatic heterocycles. The van der Waals surface area contributed by atoms with E-state index >= 15 is 0 Å². The van der Waals surface area contributed by atoms with Gasteiger partial charge in [-0.25, -0.2) is 15.0 Å². The van der Waals surface area contributed by atoms with Crippen molar-refractivity contribution in [2.75, 3.05) is 0 Å². The predicted molar refractivity (Wildman–Crippen MR) is 266 cm³/mol. The molecular weight excluding hydrogens is 793 g/mol. The number of rotatable bonds is 6. The summed E-state index contributed by atoms with van der Waals surface area (Å²) in [5.74, 6) is 0.442. The van der Waals surface area contributed by atoms with Crippen LogP contribution in [0.5, 0.6) is 0 Å². The van der Waals surface area contributed by atoms with Crippen molar-refractivity contribution in [3.63, 3.8) is 0 Å². The molecule has 9 aromatic carbocycles. The van der Waals surface area contributed by atoms with Gasteiger partial charge in [-0.2, -0.15) is 0 Å². The topological polar surface area (TPSA) is 56.7 Å². The van der Waals surface area contributed by atoms with E-state index < -0.39 is 30.2 Å². The summed E-state index contributed by atoms with van der Waals surface area (Å²) in [6, 6.07) is 58.3. The van der Waals surface area contributed by atoms with Gasteiger partial charge in [-0.3, -0.25) is 0 Å². The standard InChI is InChI=1S/C60H40N4O/c1-60(2)50-27-12-9-23-44(50)47-34-41(31-32-51(47)60)58-61-57(38-19-7-4-8-20-38)62-59(63-58)49-36-42(64-52-28-13-10-24-45(52)46-25-11-14-29-53(46)64)35-48-55-43(26-16-30-54(55)65-56(48)49)40-22-15-21-39(33-40)37-17-5-3-6-18-37/h3-36H,1-2H3/i4D,7D,8D,19D,20D. The quantitative estimate of drug-likeness (QED) is 0.167. The second-order valence-electron chi connectivity index (χ2n) is 17.2. The van der Waals surface area contributed by atoms with E-state index in [1.54, 1.807) is 0 Å². The Morgan fingerprint density at radius 2 is 1.08 bits per heavy atom. The molecule has 0 unspecified atom stereocenters. The molecule has 0 N–H and O–H groups in total. The van der Waals surface area contributed by atoms with Gasteiger partial charge in [0, 0.05) is 43.8 Å². The lowest BCUT2D eigenvalue weighted by Gasteiger charge is -2.21. The molecule has 0 aliphatic heterocycles. The monoisotopic (exact) mass is 837 g/mol. The van der Waals surface area contributed by atoms with Crippen LogP contribution in [0.15, 0.2) is 211 Å². The minimum atomic E-state index is -0.499. The SMILES string of the molecule is [2H]c1c([2H])c([2H])c(-c2nc(-c3ccc4c(c3)-c3ccccc3C4(C)C)nc(-c3cc(-n4c5ccccc5c5ccccc54)cc4c3oc3cccc(-c5cccc(-c6ccccc6)c5)c34)n2)c([2H])c1[2H]. The Labute approximate surface area is 383 Å². The van der Waals surface area contributed by atoms with Gasteiger partial charge >= 0.3 is 0 Å². The average Bonchev–Trinajstić information content (AvgIpc) is 4.02. The second-order valence-corrected chi connectivity index (χ2v) is 17.2. The van der Waals surface area contributed by atoms with Crippen LogP contribution in [0.2, 0.25) is 0 Å². The zero-order chi connectivity index (χ0) is 47.6. The van der Waals surface area contributed by atoms with Crippen LogP contribution in [-0.2, 0) is 5.41 Å². The highest BCUT2D eigenvalue weighted by molar-refractivity contribution is 6.17. The number of para-hydroxylation sites is 2. The molecular formula is C60H40N4O. The fraction of sp³-hybridized carbons (Fsp3) is 0.0500. The molecule has 12 aromatic rings. The molecule has 0 amide bonds. The smallest absolute Gasteiger partial charge is 0.167 e. The maximum Gasteiger partial charge on any atom is 0.167 e. The summed E-state index contributed by atoms with van der Waals surface area (Å²) in [7, 11) is 0. The number of nitrogens with zero attached hydrogens (tertiary/aromatic N) is 4. The number of benzene rings is 9. The molecule has 65 heavy (non-hydrogen) atoms. The molecule has 0 saturated heterocycles. The molecule has 0 spiro atoms. The summed E-state index contributed by atoms with van der Waals surface area (Å²) in [6.07, 6.45) is 0. The van der Waals surface area contributed by atoms with Gasteiger partial charge in [0.05, 0.1) is 23.5 Å². The molecule has 1 aliphatic rings. The lowest BCUT2D eigenvalue weighted by Crippen LogP contribution is -2.14. The van der Waals surface area contributed by atoms with E-state index in [1.807, 2.05) is 60.7 Å². The number of hydrogen-bond donors (Lipinski definition) is 0. The molecule has 0 atom stereocenters. The Morgan fingerprint density at radius 3 is 1.88 bits per heavy atom. The molecule has 1 aliphatic carbocycles. The maximum absolute atomic E-state index is 9.12.